The predicted octanol–water partition coefficient (Wildman–Crippen LogP) is 22.0. The van der Waals surface area contributed by atoms with Crippen LogP contribution in [0.2, 0.25) is 20.1 Å². The number of benzene rings is 11. The van der Waals surface area contributed by atoms with Gasteiger partial charge in [0.05, 0.1) is 91.2 Å². The fourth-order valence-electron chi connectivity index (χ4n) is 17.2. The van der Waals surface area contributed by atoms with Crippen molar-refractivity contribution in [2.24, 2.45) is 0 Å². The van der Waals surface area contributed by atoms with Crippen molar-refractivity contribution in [1.29, 1.82) is 0 Å². The fourth-order valence-corrected chi connectivity index (χ4v) is 19.9. The number of ether oxygens (including phenoxy) is 14. The molecular formula is C105H112Cl4I2O22S. The normalized spacial score (nSPS) is 25.8. The lowest BCUT2D eigenvalue weighted by atomic mass is 9.89. The third-order valence-electron chi connectivity index (χ3n) is 23.9. The molecule has 7 fully saturated rings. The van der Waals surface area contributed by atoms with Crippen molar-refractivity contribution in [3.8, 4) is 23.0 Å². The first-order valence-corrected chi connectivity index (χ1v) is 50.5. The average Bonchev–Trinajstić information content (AvgIpc) is 0.771. The molecule has 712 valence electrons. The minimum atomic E-state index is -4.67. The molecule has 0 aromatic heterocycles. The summed E-state index contributed by atoms with van der Waals surface area (Å²) in [5.74, 6) is 3.45. The van der Waals surface area contributed by atoms with E-state index in [-0.39, 0.29) is 76.4 Å². The zero-order valence-electron chi connectivity index (χ0n) is 74.5. The lowest BCUT2D eigenvalue weighted by molar-refractivity contribution is -0.330. The summed E-state index contributed by atoms with van der Waals surface area (Å²) in [4.78, 5) is 0. The quantitative estimate of drug-likeness (QED) is 0.0186. The maximum Gasteiger partial charge on any atom is 0.394 e. The highest BCUT2D eigenvalue weighted by atomic mass is 127. The SMILES string of the molecule is CCOc1ccc(Cc2cc(C3CCC(O)C(CO)O3)ccc2Cl)cc1.CCOc1ccc(Cc2cc(C3CCC4OC(c5ccccc5)OCC4O3)ccc2Cl)cc1.CCOc1ccc(Cc2cc(C3OC4COC(c5ccccc5)OC4C(I)C3I)ccc2Cl)cc1.CCOc1ccc(Cc2cc(C3OC4COC(c5ccccc5)OC4C(O)C3O)ccc2Cl)cc1.O=S(=O)(O)O. The topological polar surface area (TPSA) is 285 Å². The molecule has 18 rings (SSSR count). The number of aliphatic hydroxyl groups excluding tert-OH is 4. The molecule has 11 aromatic rings. The zero-order chi connectivity index (χ0) is 94.4. The van der Waals surface area contributed by atoms with Crippen LogP contribution in [0.1, 0.15) is 180 Å². The van der Waals surface area contributed by atoms with Gasteiger partial charge < -0.3 is 86.7 Å². The van der Waals surface area contributed by atoms with Gasteiger partial charge in [0.2, 0.25) is 0 Å². The standard InChI is InChI=1S/C28H27ClI2O4.C28H29ClO6.C28H29ClO4.C21H25ClO4.H2O4S/c2*1-2-32-21-11-8-17(9-12-21)14-20-15-19(10-13-22(20)29)26-24(30)25(31)27-23(34-26)16-33-28(35-27)18-6-4-3-5-7-18;1-2-30-23-11-8-19(9-12-23)16-22-17-21(10-13-24(22)29)25-14-15-26-27(32-25)18-31-28(33-26)20-6-4-3-5-7-20;1-2-25-17-6-3-14(4-7-17)11-16-12-15(5-8-18(16)22)20-10-9-19(24)21(13-23)26-20;1-5(2,3)4/h3-13,15,23-28H,2,14,16H2,1H3;3-13,15,23-28,30-31H,2,14,16H2,1H3;3-13,17,25-28H,2,14-16,18H2,1H3;3-8,12,19-21,23-24H,2,9-11,13H2,1H3;(H2,1,2,3,4). The molecule has 0 radical (unpaired) electrons. The molecule has 7 saturated heterocycles. The molecule has 7 aliphatic rings. The summed E-state index contributed by atoms with van der Waals surface area (Å²) in [6.07, 6.45) is -0.922. The molecule has 0 saturated carbocycles. The molecule has 0 spiro atoms. The Bertz CT molecular complexity index is 5430. The Labute approximate surface area is 830 Å². The molecule has 7 heterocycles. The Hall–Kier alpha value is -7.45. The van der Waals surface area contributed by atoms with E-state index in [0.717, 1.165) is 149 Å². The van der Waals surface area contributed by atoms with Gasteiger partial charge in [0.15, 0.2) is 18.9 Å². The Morgan fingerprint density at radius 2 is 0.672 bits per heavy atom. The van der Waals surface area contributed by atoms with Gasteiger partial charge in [0, 0.05) is 36.8 Å². The second kappa shape index (κ2) is 49.9. The van der Waals surface area contributed by atoms with Gasteiger partial charge in [-0.3, -0.25) is 9.11 Å². The van der Waals surface area contributed by atoms with Crippen LogP contribution in [0.4, 0.5) is 0 Å². The van der Waals surface area contributed by atoms with Gasteiger partial charge in [-0.15, -0.1) is 0 Å². The van der Waals surface area contributed by atoms with Gasteiger partial charge in [0.25, 0.3) is 0 Å². The molecule has 6 N–H and O–H groups in total. The van der Waals surface area contributed by atoms with Crippen LogP contribution in [0.15, 0.2) is 261 Å². The van der Waals surface area contributed by atoms with E-state index in [4.69, 9.17) is 130 Å². The van der Waals surface area contributed by atoms with Gasteiger partial charge in [0.1, 0.15) is 77.9 Å². The van der Waals surface area contributed by atoms with Crippen molar-refractivity contribution in [2.75, 3.05) is 52.9 Å². The molecule has 0 aliphatic carbocycles. The van der Waals surface area contributed by atoms with E-state index in [1.165, 1.54) is 11.1 Å². The monoisotopic (exact) mass is 2150 g/mol. The third-order valence-corrected chi connectivity index (χ3v) is 29.7. The highest BCUT2D eigenvalue weighted by Gasteiger charge is 2.51. The van der Waals surface area contributed by atoms with Crippen LogP contribution in [0.25, 0.3) is 0 Å². The van der Waals surface area contributed by atoms with Gasteiger partial charge in [-0.1, -0.05) is 280 Å². The molecule has 0 bridgehead atoms. The minimum absolute atomic E-state index is 0.0167. The number of aliphatic hydroxyl groups is 4. The molecule has 22 nitrogen and oxygen atoms in total. The molecule has 11 aromatic carbocycles. The van der Waals surface area contributed by atoms with Crippen LogP contribution in [0.3, 0.4) is 0 Å². The van der Waals surface area contributed by atoms with Crippen molar-refractivity contribution in [3.63, 3.8) is 0 Å². The number of alkyl halides is 2. The van der Waals surface area contributed by atoms with Crippen LogP contribution >= 0.6 is 91.6 Å². The summed E-state index contributed by atoms with van der Waals surface area (Å²) in [5, 5.41) is 44.0. The summed E-state index contributed by atoms with van der Waals surface area (Å²) in [6, 6.07) is 86.0. The van der Waals surface area contributed by atoms with Crippen molar-refractivity contribution in [3.05, 3.63) is 364 Å². The number of hydrogen-bond donors (Lipinski definition) is 6. The fraction of sp³-hybridized carbons (Fsp3) is 0.371. The minimum Gasteiger partial charge on any atom is -0.494 e. The lowest BCUT2D eigenvalue weighted by Crippen LogP contribution is -2.59. The summed E-state index contributed by atoms with van der Waals surface area (Å²) in [5.41, 5.74) is 15.8. The maximum atomic E-state index is 11.0. The molecule has 19 unspecified atom stereocenters. The maximum absolute atomic E-state index is 11.0. The van der Waals surface area contributed by atoms with Gasteiger partial charge in [-0.2, -0.15) is 8.42 Å². The Morgan fingerprint density at radius 1 is 0.343 bits per heavy atom. The van der Waals surface area contributed by atoms with Crippen molar-refractivity contribution >= 4 is 102 Å². The first-order chi connectivity index (χ1) is 64.9. The molecule has 19 atom stereocenters. The van der Waals surface area contributed by atoms with E-state index >= 15 is 0 Å². The highest BCUT2D eigenvalue weighted by molar-refractivity contribution is 14.1. The zero-order valence-corrected chi connectivity index (χ0v) is 82.7. The lowest BCUT2D eigenvalue weighted by Gasteiger charge is -2.47. The van der Waals surface area contributed by atoms with E-state index in [1.54, 1.807) is 6.07 Å². The Morgan fingerprint density at radius 3 is 1.06 bits per heavy atom. The first kappa shape index (κ1) is 102. The number of halogens is 6. The van der Waals surface area contributed by atoms with E-state index in [1.807, 2.05) is 228 Å². The van der Waals surface area contributed by atoms with Crippen molar-refractivity contribution in [2.45, 2.75) is 191 Å². The molecule has 134 heavy (non-hydrogen) atoms. The van der Waals surface area contributed by atoms with Gasteiger partial charge >= 0.3 is 10.4 Å². The van der Waals surface area contributed by atoms with Crippen LogP contribution < -0.4 is 18.9 Å². The van der Waals surface area contributed by atoms with E-state index in [9.17, 15) is 20.4 Å². The first-order valence-electron chi connectivity index (χ1n) is 45.1. The second-order valence-electron chi connectivity index (χ2n) is 33.3. The summed E-state index contributed by atoms with van der Waals surface area (Å²) in [6.45, 7) is 11.6. The van der Waals surface area contributed by atoms with Crippen LogP contribution in [-0.2, 0) is 83.5 Å². The molecule has 7 aliphatic heterocycles. The molecular weight excluding hydrogens is 2040 g/mol. The van der Waals surface area contributed by atoms with Gasteiger partial charge in [-0.25, -0.2) is 0 Å². The summed E-state index contributed by atoms with van der Waals surface area (Å²) >= 11 is 31.1. The van der Waals surface area contributed by atoms with E-state index in [2.05, 4.69) is 99.8 Å². The van der Waals surface area contributed by atoms with Crippen molar-refractivity contribution < 1.29 is 104 Å². The molecule has 0 amide bonds. The van der Waals surface area contributed by atoms with Crippen LogP contribution in [0, 0.1) is 0 Å². The van der Waals surface area contributed by atoms with E-state index < -0.39 is 59.4 Å². The molecule has 29 heteroatoms. The van der Waals surface area contributed by atoms with Crippen LogP contribution in [-0.4, -0.2) is 160 Å². The predicted molar refractivity (Wildman–Crippen MR) is 531 cm³/mol. The number of fused-ring (bicyclic) bond motifs is 3. The van der Waals surface area contributed by atoms with Gasteiger partial charge in [-0.05, 0) is 219 Å². The Kier molecular flexibility index (Phi) is 38.1. The number of rotatable bonds is 24. The van der Waals surface area contributed by atoms with E-state index in [0.29, 0.717) is 57.5 Å². The highest BCUT2D eigenvalue weighted by Crippen LogP contribution is 2.48. The number of hydrogen-bond acceptors (Lipinski definition) is 20. The average molecular weight is 2150 g/mol. The van der Waals surface area contributed by atoms with Crippen LogP contribution in [0.5, 0.6) is 23.0 Å². The summed E-state index contributed by atoms with van der Waals surface area (Å²) in [7, 11) is -4.67. The smallest absolute Gasteiger partial charge is 0.394 e. The Balaban J connectivity index is 0.000000142. The third kappa shape index (κ3) is 28.2. The second-order valence-corrected chi connectivity index (χ2v) is 38.7. The summed E-state index contributed by atoms with van der Waals surface area (Å²) < 4.78 is 116. The largest absolute Gasteiger partial charge is 0.494 e. The van der Waals surface area contributed by atoms with Crippen molar-refractivity contribution in [1.82, 2.24) is 0 Å².